The van der Waals surface area contributed by atoms with E-state index in [0.29, 0.717) is 6.54 Å². The Hall–Kier alpha value is 0.0969. The van der Waals surface area contributed by atoms with Gasteiger partial charge in [0.2, 0.25) is 0 Å². The van der Waals surface area contributed by atoms with Gasteiger partial charge in [0.25, 0.3) is 0 Å². The van der Waals surface area contributed by atoms with E-state index >= 15 is 0 Å². The minimum Gasteiger partial charge on any atom is -0.290 e. The molecule has 3 nitrogen and oxygen atoms in total. The summed E-state index contributed by atoms with van der Waals surface area (Å²) >= 11 is 0. The van der Waals surface area contributed by atoms with E-state index in [-0.39, 0.29) is 5.23 Å². The molecule has 7 heavy (non-hydrogen) atoms. The molecule has 0 amide bonds. The molecule has 0 rings (SSSR count). The van der Waals surface area contributed by atoms with Gasteiger partial charge in [0.05, 0.1) is 6.54 Å². The Morgan fingerprint density at radius 3 is 2.14 bits per heavy atom. The number of rotatable bonds is 3. The summed E-state index contributed by atoms with van der Waals surface area (Å²) in [7, 11) is 1.15. The highest BCUT2D eigenvalue weighted by molar-refractivity contribution is 6.08. The summed E-state index contributed by atoms with van der Waals surface area (Å²) in [6.45, 7) is 0.378. The summed E-state index contributed by atoms with van der Waals surface area (Å²) < 4.78 is 0. The molecule has 0 spiro atoms. The Labute approximate surface area is 45.9 Å². The van der Waals surface area contributed by atoms with Crippen LogP contribution >= 0.6 is 0 Å². The molecule has 0 aliphatic carbocycles. The van der Waals surface area contributed by atoms with Crippen LogP contribution in [0.4, 0.5) is 0 Å². The normalized spacial score (nSPS) is 10.7. The average molecular weight is 121 g/mol. The van der Waals surface area contributed by atoms with Crippen molar-refractivity contribution in [2.24, 2.45) is 0 Å². The van der Waals surface area contributed by atoms with E-state index in [2.05, 4.69) is 0 Å². The zero-order valence-corrected chi connectivity index (χ0v) is 6.46. The summed E-state index contributed by atoms with van der Waals surface area (Å²) in [4.78, 5) is 0. The highest BCUT2D eigenvalue weighted by atomic mass is 28.1. The fraction of sp³-hybridized carbons (Fsp3) is 1.00. The first-order valence-electron chi connectivity index (χ1n) is 2.42. The number of hydrogen-bond donors (Lipinski definition) is 2. The smallest absolute Gasteiger partial charge is 0.0509 e. The molecule has 4 heteroatoms. The second-order valence-electron chi connectivity index (χ2n) is 1.45. The molecule has 0 bridgehead atoms. The quantitative estimate of drug-likeness (QED) is 0.381. The SMILES string of the molecule is ON(O)CCC[SiH3]. The summed E-state index contributed by atoms with van der Waals surface area (Å²) in [6.07, 6.45) is 0.888. The average Bonchev–Trinajstić information content (AvgIpc) is 1.61. The first-order chi connectivity index (χ1) is 3.27. The van der Waals surface area contributed by atoms with Crippen LogP contribution in [0.2, 0.25) is 6.04 Å². The van der Waals surface area contributed by atoms with Gasteiger partial charge < -0.3 is 0 Å². The largest absolute Gasteiger partial charge is 0.290 e. The third kappa shape index (κ3) is 6.10. The Morgan fingerprint density at radius 2 is 2.00 bits per heavy atom. The first kappa shape index (κ1) is 7.10. The van der Waals surface area contributed by atoms with Crippen molar-refractivity contribution in [3.8, 4) is 0 Å². The maximum atomic E-state index is 8.09. The second-order valence-corrected chi connectivity index (χ2v) is 2.45. The number of hydroxylamine groups is 2. The minimum atomic E-state index is 0.234. The van der Waals surface area contributed by atoms with Crippen molar-refractivity contribution in [3.05, 3.63) is 0 Å². The standard InChI is InChI=1S/C3H11NO2Si/c5-4(6)2-1-3-7/h5-6H,1-3H2,7H3. The Bertz CT molecular complexity index is 41.9. The van der Waals surface area contributed by atoms with Crippen molar-refractivity contribution in [1.29, 1.82) is 0 Å². The van der Waals surface area contributed by atoms with Gasteiger partial charge in [-0.15, -0.1) is 0 Å². The highest BCUT2D eigenvalue weighted by Gasteiger charge is 1.87. The molecule has 0 fully saturated rings. The molecule has 0 aliphatic rings. The van der Waals surface area contributed by atoms with E-state index in [1.165, 1.54) is 0 Å². The van der Waals surface area contributed by atoms with Crippen molar-refractivity contribution in [2.75, 3.05) is 6.54 Å². The molecule has 44 valence electrons. The molecular formula is C3H11NO2Si. The van der Waals surface area contributed by atoms with E-state index in [1.807, 2.05) is 0 Å². The first-order valence-corrected chi connectivity index (χ1v) is 3.84. The third-order valence-electron chi connectivity index (χ3n) is 0.712. The van der Waals surface area contributed by atoms with Gasteiger partial charge >= 0.3 is 0 Å². The van der Waals surface area contributed by atoms with Crippen LogP contribution in [-0.2, 0) is 0 Å². The van der Waals surface area contributed by atoms with Gasteiger partial charge in [0.15, 0.2) is 0 Å². The maximum Gasteiger partial charge on any atom is 0.0509 e. The van der Waals surface area contributed by atoms with Crippen LogP contribution in [0, 0.1) is 0 Å². The van der Waals surface area contributed by atoms with E-state index in [4.69, 9.17) is 10.4 Å². The van der Waals surface area contributed by atoms with Crippen LogP contribution in [0.1, 0.15) is 6.42 Å². The van der Waals surface area contributed by atoms with Gasteiger partial charge in [-0.05, 0) is 6.42 Å². The second kappa shape index (κ2) is 4.26. The third-order valence-corrected chi connectivity index (χ3v) is 1.42. The van der Waals surface area contributed by atoms with E-state index < -0.39 is 0 Å². The topological polar surface area (TPSA) is 43.7 Å². The van der Waals surface area contributed by atoms with E-state index in [0.717, 1.165) is 22.7 Å². The molecule has 0 aromatic heterocycles. The lowest BCUT2D eigenvalue weighted by Crippen LogP contribution is -2.14. The fourth-order valence-electron chi connectivity index (χ4n) is 0.300. The number of hydrogen-bond acceptors (Lipinski definition) is 3. The molecule has 0 aromatic carbocycles. The molecule has 0 radical (unpaired) electrons. The van der Waals surface area contributed by atoms with Crippen LogP contribution in [0.15, 0.2) is 0 Å². The molecular weight excluding hydrogens is 110 g/mol. The molecule has 0 aromatic rings. The summed E-state index contributed by atoms with van der Waals surface area (Å²) in [5, 5.41) is 16.4. The van der Waals surface area contributed by atoms with Crippen LogP contribution < -0.4 is 0 Å². The zero-order chi connectivity index (χ0) is 5.70. The highest BCUT2D eigenvalue weighted by Crippen LogP contribution is 1.83. The lowest BCUT2D eigenvalue weighted by Gasteiger charge is -2.01. The zero-order valence-electron chi connectivity index (χ0n) is 4.46. The van der Waals surface area contributed by atoms with Crippen molar-refractivity contribution < 1.29 is 10.4 Å². The maximum absolute atomic E-state index is 8.09. The van der Waals surface area contributed by atoms with Gasteiger partial charge in [-0.3, -0.25) is 10.4 Å². The van der Waals surface area contributed by atoms with Crippen LogP contribution in [0.5, 0.6) is 0 Å². The predicted molar refractivity (Wildman–Crippen MR) is 29.6 cm³/mol. The van der Waals surface area contributed by atoms with Gasteiger partial charge in [-0.1, -0.05) is 11.3 Å². The van der Waals surface area contributed by atoms with Crippen LogP contribution in [0.25, 0.3) is 0 Å². The van der Waals surface area contributed by atoms with Gasteiger partial charge in [-0.25, -0.2) is 0 Å². The summed E-state index contributed by atoms with van der Waals surface area (Å²) in [5.41, 5.74) is 0. The molecule has 0 atom stereocenters. The molecule has 0 aliphatic heterocycles. The fourth-order valence-corrected chi connectivity index (χ4v) is 0.616. The van der Waals surface area contributed by atoms with Crippen LogP contribution in [0.3, 0.4) is 0 Å². The Kier molecular flexibility index (Phi) is 4.32. The monoisotopic (exact) mass is 121 g/mol. The van der Waals surface area contributed by atoms with Crippen molar-refractivity contribution in [1.82, 2.24) is 5.23 Å². The van der Waals surface area contributed by atoms with E-state index in [9.17, 15) is 0 Å². The molecule has 0 unspecified atom stereocenters. The minimum absolute atomic E-state index is 0.234. The lowest BCUT2D eigenvalue weighted by molar-refractivity contribution is -0.306. The summed E-state index contributed by atoms with van der Waals surface area (Å²) in [5.74, 6) is 0. The van der Waals surface area contributed by atoms with Gasteiger partial charge in [0.1, 0.15) is 0 Å². The van der Waals surface area contributed by atoms with Crippen molar-refractivity contribution in [3.63, 3.8) is 0 Å². The Morgan fingerprint density at radius 1 is 1.43 bits per heavy atom. The lowest BCUT2D eigenvalue weighted by atomic mass is 10.5. The molecule has 0 saturated carbocycles. The summed E-state index contributed by atoms with van der Waals surface area (Å²) in [6, 6.07) is 1.12. The molecule has 2 N–H and O–H groups in total. The molecule has 0 saturated heterocycles. The van der Waals surface area contributed by atoms with E-state index in [1.54, 1.807) is 0 Å². The molecule has 0 heterocycles. The van der Waals surface area contributed by atoms with Gasteiger partial charge in [-0.2, -0.15) is 0 Å². The number of nitrogens with zero attached hydrogens (tertiary/aromatic N) is 1. The van der Waals surface area contributed by atoms with Crippen molar-refractivity contribution >= 4 is 10.2 Å². The van der Waals surface area contributed by atoms with Crippen LogP contribution in [-0.4, -0.2) is 32.4 Å². The van der Waals surface area contributed by atoms with Crippen molar-refractivity contribution in [2.45, 2.75) is 12.5 Å². The Balaban J connectivity index is 2.68. The predicted octanol–water partition coefficient (Wildman–Crippen LogP) is -0.759. The van der Waals surface area contributed by atoms with Gasteiger partial charge in [0, 0.05) is 10.2 Å².